The summed E-state index contributed by atoms with van der Waals surface area (Å²) in [5.74, 6) is 3.24. The quantitative estimate of drug-likeness (QED) is 0.283. The molecule has 1 N–H and O–H groups in total. The predicted octanol–water partition coefficient (Wildman–Crippen LogP) is 5.82. The van der Waals surface area contributed by atoms with Crippen LogP contribution >= 0.6 is 0 Å². The van der Waals surface area contributed by atoms with Crippen molar-refractivity contribution in [1.82, 2.24) is 10.2 Å². The third-order valence-electron chi connectivity index (χ3n) is 10.6. The van der Waals surface area contributed by atoms with Crippen LogP contribution in [-0.2, 0) is 9.53 Å². The molecule has 0 spiro atoms. The largest absolute Gasteiger partial charge is 0.462 e. The van der Waals surface area contributed by atoms with Crippen LogP contribution in [0.1, 0.15) is 91.9 Å². The lowest BCUT2D eigenvalue weighted by atomic mass is 9.47. The van der Waals surface area contributed by atoms with E-state index in [1.54, 1.807) is 12.5 Å². The van der Waals surface area contributed by atoms with Crippen LogP contribution in [-0.4, -0.2) is 50.2 Å². The van der Waals surface area contributed by atoms with Crippen LogP contribution in [0.5, 0.6) is 0 Å². The third-order valence-corrected chi connectivity index (χ3v) is 10.6. The Bertz CT molecular complexity index is 733. The molecule has 4 aliphatic rings. The number of ether oxygens (including phenoxy) is 1. The number of rotatable bonds is 8. The maximum Gasteiger partial charge on any atom is 0.302 e. The Morgan fingerprint density at radius 2 is 1.97 bits per heavy atom. The number of hydrogen-bond acceptors (Lipinski definition) is 4. The molecule has 4 unspecified atom stereocenters. The van der Waals surface area contributed by atoms with Crippen LogP contribution in [0, 0.1) is 34.5 Å². The smallest absolute Gasteiger partial charge is 0.302 e. The maximum absolute atomic E-state index is 11.5. The number of carbonyl (C=O) groups is 1. The molecule has 8 atom stereocenters. The van der Waals surface area contributed by atoms with Crippen molar-refractivity contribution < 1.29 is 9.53 Å². The molecule has 0 radical (unpaired) electrons. The maximum atomic E-state index is 11.5. The molecule has 4 heteroatoms. The van der Waals surface area contributed by atoms with E-state index in [1.807, 2.05) is 0 Å². The minimum atomic E-state index is -0.121. The van der Waals surface area contributed by atoms with E-state index in [4.69, 9.17) is 4.74 Å². The molecule has 0 heterocycles. The molecule has 0 bridgehead atoms. The average molecular weight is 459 g/mol. The lowest BCUT2D eigenvalue weighted by Gasteiger charge is -2.58. The fraction of sp³-hybridized carbons (Fsp3) is 0.897. The van der Waals surface area contributed by atoms with E-state index in [0.717, 1.165) is 43.1 Å². The van der Waals surface area contributed by atoms with Gasteiger partial charge in [0.25, 0.3) is 0 Å². The minimum absolute atomic E-state index is 0.104. The predicted molar refractivity (Wildman–Crippen MR) is 136 cm³/mol. The molecular formula is C29H50N2O2. The van der Waals surface area contributed by atoms with Crippen molar-refractivity contribution in [3.63, 3.8) is 0 Å². The van der Waals surface area contributed by atoms with Gasteiger partial charge in [0.1, 0.15) is 6.10 Å². The van der Waals surface area contributed by atoms with Crippen molar-refractivity contribution in [2.75, 3.05) is 27.2 Å². The highest BCUT2D eigenvalue weighted by Gasteiger charge is 2.59. The summed E-state index contributed by atoms with van der Waals surface area (Å²) in [6.07, 6.45) is 15.3. The van der Waals surface area contributed by atoms with Gasteiger partial charge >= 0.3 is 5.97 Å². The lowest BCUT2D eigenvalue weighted by Crippen LogP contribution is -2.52. The van der Waals surface area contributed by atoms with E-state index in [2.05, 4.69) is 51.2 Å². The van der Waals surface area contributed by atoms with Crippen molar-refractivity contribution in [2.24, 2.45) is 34.5 Å². The molecule has 4 nitrogen and oxygen atoms in total. The lowest BCUT2D eigenvalue weighted by molar-refractivity contribution is -0.148. The van der Waals surface area contributed by atoms with Gasteiger partial charge in [0.05, 0.1) is 0 Å². The number of nitrogens with one attached hydrogen (secondary N) is 1. The van der Waals surface area contributed by atoms with E-state index in [9.17, 15) is 4.79 Å². The molecular weight excluding hydrogens is 408 g/mol. The molecule has 0 aromatic carbocycles. The van der Waals surface area contributed by atoms with Crippen molar-refractivity contribution in [3.8, 4) is 0 Å². The van der Waals surface area contributed by atoms with Gasteiger partial charge < -0.3 is 15.0 Å². The van der Waals surface area contributed by atoms with Crippen LogP contribution < -0.4 is 5.32 Å². The fourth-order valence-corrected chi connectivity index (χ4v) is 8.92. The van der Waals surface area contributed by atoms with Crippen LogP contribution in [0.25, 0.3) is 0 Å². The molecule has 0 saturated heterocycles. The first-order valence-electron chi connectivity index (χ1n) is 13.9. The summed E-state index contributed by atoms with van der Waals surface area (Å²) < 4.78 is 5.62. The van der Waals surface area contributed by atoms with Gasteiger partial charge in [-0.05, 0) is 119 Å². The van der Waals surface area contributed by atoms with Crippen molar-refractivity contribution in [2.45, 2.75) is 104 Å². The second-order valence-corrected chi connectivity index (χ2v) is 12.6. The molecule has 4 rings (SSSR count). The van der Waals surface area contributed by atoms with Crippen molar-refractivity contribution in [3.05, 3.63) is 11.6 Å². The Balaban J connectivity index is 1.45. The van der Waals surface area contributed by atoms with E-state index in [1.165, 1.54) is 57.9 Å². The van der Waals surface area contributed by atoms with Gasteiger partial charge in [0.2, 0.25) is 0 Å². The summed E-state index contributed by atoms with van der Waals surface area (Å²) in [5, 5.41) is 3.99. The third kappa shape index (κ3) is 4.81. The highest BCUT2D eigenvalue weighted by atomic mass is 16.5. The summed E-state index contributed by atoms with van der Waals surface area (Å²) >= 11 is 0. The zero-order chi connectivity index (χ0) is 23.8. The van der Waals surface area contributed by atoms with Crippen LogP contribution in [0.3, 0.4) is 0 Å². The molecule has 3 fully saturated rings. The first-order valence-corrected chi connectivity index (χ1v) is 13.9. The summed E-state index contributed by atoms with van der Waals surface area (Å²) in [4.78, 5) is 13.8. The minimum Gasteiger partial charge on any atom is -0.462 e. The Morgan fingerprint density at radius 3 is 2.67 bits per heavy atom. The summed E-state index contributed by atoms with van der Waals surface area (Å²) in [5.41, 5.74) is 2.43. The van der Waals surface area contributed by atoms with E-state index >= 15 is 0 Å². The Labute approximate surface area is 203 Å². The number of fused-ring (bicyclic) bond motifs is 5. The zero-order valence-corrected chi connectivity index (χ0v) is 22.3. The van der Waals surface area contributed by atoms with E-state index in [0.29, 0.717) is 16.9 Å². The highest BCUT2D eigenvalue weighted by Crippen LogP contribution is 2.66. The standard InChI is InChI=1S/C29H50N2O2/c1-7-27(30-17-8-18-31(5)6)26-12-11-24-23-10-9-21-19-22(33-20(2)32)13-15-28(21,3)25(23)14-16-29(24,26)4/h9,22-27,30H,7-8,10-19H2,1-6H3/t22-,23?,24?,25?,26+,27?,28-,29-/m0/s1. The van der Waals surface area contributed by atoms with Gasteiger partial charge in [-0.15, -0.1) is 0 Å². The normalized spacial score (nSPS) is 41.1. The SMILES string of the molecule is CCC(NCCCN(C)C)[C@H]1CCC2C3CC=C4C[C@@H](OC(C)=O)CC[C@]4(C)C3CC[C@@]21C. The Hall–Kier alpha value is -0.870. The second-order valence-electron chi connectivity index (χ2n) is 12.6. The van der Waals surface area contributed by atoms with Crippen molar-refractivity contribution in [1.29, 1.82) is 0 Å². The zero-order valence-electron chi connectivity index (χ0n) is 22.3. The molecule has 0 aromatic heterocycles. The number of nitrogens with zero attached hydrogens (tertiary/aromatic N) is 1. The molecule has 188 valence electrons. The van der Waals surface area contributed by atoms with Gasteiger partial charge in [-0.25, -0.2) is 0 Å². The Kier molecular flexibility index (Phi) is 7.65. The summed E-state index contributed by atoms with van der Waals surface area (Å²) in [6.45, 7) is 11.5. The van der Waals surface area contributed by atoms with Crippen LogP contribution in [0.15, 0.2) is 11.6 Å². The topological polar surface area (TPSA) is 41.6 Å². The van der Waals surface area contributed by atoms with Crippen LogP contribution in [0.4, 0.5) is 0 Å². The monoisotopic (exact) mass is 458 g/mol. The first-order chi connectivity index (χ1) is 15.7. The second kappa shape index (κ2) is 10.0. The number of allylic oxidation sites excluding steroid dienone is 1. The first kappa shape index (κ1) is 25.2. The van der Waals surface area contributed by atoms with E-state index < -0.39 is 0 Å². The molecule has 0 aliphatic heterocycles. The molecule has 33 heavy (non-hydrogen) atoms. The van der Waals surface area contributed by atoms with Crippen LogP contribution in [0.2, 0.25) is 0 Å². The molecule has 0 amide bonds. The number of carbonyl (C=O) groups excluding carboxylic acids is 1. The summed E-state index contributed by atoms with van der Waals surface area (Å²) in [7, 11) is 4.34. The molecule has 4 aliphatic carbocycles. The number of esters is 1. The number of hydrogen-bond donors (Lipinski definition) is 1. The van der Waals surface area contributed by atoms with E-state index in [-0.39, 0.29) is 12.1 Å². The van der Waals surface area contributed by atoms with Gasteiger partial charge in [-0.1, -0.05) is 32.4 Å². The fourth-order valence-electron chi connectivity index (χ4n) is 8.92. The van der Waals surface area contributed by atoms with Crippen molar-refractivity contribution >= 4 is 5.97 Å². The van der Waals surface area contributed by atoms with Gasteiger partial charge in [-0.2, -0.15) is 0 Å². The average Bonchev–Trinajstić information content (AvgIpc) is 3.11. The molecule has 3 saturated carbocycles. The van der Waals surface area contributed by atoms with Gasteiger partial charge in [-0.3, -0.25) is 4.79 Å². The van der Waals surface area contributed by atoms with Gasteiger partial charge in [0, 0.05) is 19.4 Å². The molecule has 0 aromatic rings. The van der Waals surface area contributed by atoms with Gasteiger partial charge in [0.15, 0.2) is 0 Å². The Morgan fingerprint density at radius 1 is 1.18 bits per heavy atom. The highest BCUT2D eigenvalue weighted by molar-refractivity contribution is 5.66. The summed E-state index contributed by atoms with van der Waals surface area (Å²) in [6, 6.07) is 0.670.